The average Bonchev–Trinajstić information content (AvgIpc) is 3.90. The molecule has 0 spiro atoms. The quantitative estimate of drug-likeness (QED) is 0.162. The second-order valence-electron chi connectivity index (χ2n) is 14.5. The molecule has 11 rings (SSSR count). The molecule has 9 aromatic carbocycles. The smallest absolute Gasteiger partial charge is 0.135 e. The van der Waals surface area contributed by atoms with Crippen molar-refractivity contribution in [2.75, 3.05) is 4.90 Å². The standard InChI is InChI=1S/C54H35NOS/c1-2-9-42-34-43(21-18-36(42)8-1)39-24-30-46(31-25-39)55(47-32-26-41(27-33-47)52-35-44-10-3-5-14-51(44)56-52)45-28-22-38(23-29-45)37-16-19-40(20-17-37)48-12-7-13-50-49-11-4-6-15-53(49)57-54(48)50/h1-35H. The van der Waals surface area contributed by atoms with Crippen molar-refractivity contribution in [2.45, 2.75) is 0 Å². The molecule has 0 bridgehead atoms. The van der Waals surface area contributed by atoms with Gasteiger partial charge in [-0.2, -0.15) is 0 Å². The van der Waals surface area contributed by atoms with E-state index in [1.54, 1.807) is 0 Å². The lowest BCUT2D eigenvalue weighted by molar-refractivity contribution is 0.631. The number of rotatable bonds is 7. The van der Waals surface area contributed by atoms with Crippen LogP contribution in [0.1, 0.15) is 0 Å². The first-order valence-corrected chi connectivity index (χ1v) is 20.1. The fraction of sp³-hybridized carbons (Fsp3) is 0. The molecular weight excluding hydrogens is 711 g/mol. The molecule has 268 valence electrons. The van der Waals surface area contributed by atoms with Crippen LogP contribution in [-0.4, -0.2) is 0 Å². The fourth-order valence-corrected chi connectivity index (χ4v) is 9.38. The Morgan fingerprint density at radius 3 is 1.58 bits per heavy atom. The highest BCUT2D eigenvalue weighted by molar-refractivity contribution is 7.26. The van der Waals surface area contributed by atoms with Crippen molar-refractivity contribution in [1.29, 1.82) is 0 Å². The van der Waals surface area contributed by atoms with Gasteiger partial charge in [0.1, 0.15) is 11.3 Å². The highest BCUT2D eigenvalue weighted by atomic mass is 32.1. The molecule has 0 aliphatic rings. The van der Waals surface area contributed by atoms with Crippen LogP contribution in [0.4, 0.5) is 17.1 Å². The topological polar surface area (TPSA) is 16.4 Å². The molecule has 0 unspecified atom stereocenters. The average molecular weight is 746 g/mol. The molecule has 0 fully saturated rings. The highest BCUT2D eigenvalue weighted by Gasteiger charge is 2.16. The number of hydrogen-bond donors (Lipinski definition) is 0. The summed E-state index contributed by atoms with van der Waals surface area (Å²) in [6.07, 6.45) is 0. The van der Waals surface area contributed by atoms with E-state index in [2.05, 4.69) is 199 Å². The first kappa shape index (κ1) is 33.2. The Morgan fingerprint density at radius 2 is 0.877 bits per heavy atom. The van der Waals surface area contributed by atoms with Crippen molar-refractivity contribution < 1.29 is 4.42 Å². The summed E-state index contributed by atoms with van der Waals surface area (Å²) in [6.45, 7) is 0. The van der Waals surface area contributed by atoms with Crippen LogP contribution >= 0.6 is 11.3 Å². The molecule has 0 saturated heterocycles. The van der Waals surface area contributed by atoms with E-state index < -0.39 is 0 Å². The zero-order valence-corrected chi connectivity index (χ0v) is 31.8. The summed E-state index contributed by atoms with van der Waals surface area (Å²) in [6, 6.07) is 76.3. The number of hydrogen-bond acceptors (Lipinski definition) is 3. The van der Waals surface area contributed by atoms with E-state index in [1.165, 1.54) is 64.3 Å². The number of anilines is 3. The monoisotopic (exact) mass is 745 g/mol. The Bertz CT molecular complexity index is 3180. The van der Waals surface area contributed by atoms with E-state index in [0.29, 0.717) is 0 Å². The summed E-state index contributed by atoms with van der Waals surface area (Å²) in [5, 5.41) is 6.25. The number of thiophene rings is 1. The van der Waals surface area contributed by atoms with E-state index in [4.69, 9.17) is 4.42 Å². The van der Waals surface area contributed by atoms with Gasteiger partial charge in [0, 0.05) is 48.2 Å². The summed E-state index contributed by atoms with van der Waals surface area (Å²) in [7, 11) is 0. The van der Waals surface area contributed by atoms with Gasteiger partial charge in [0.05, 0.1) is 0 Å². The zero-order chi connectivity index (χ0) is 37.7. The second-order valence-corrected chi connectivity index (χ2v) is 15.6. The van der Waals surface area contributed by atoms with Gasteiger partial charge in [0.25, 0.3) is 0 Å². The molecule has 0 aliphatic heterocycles. The van der Waals surface area contributed by atoms with E-state index in [-0.39, 0.29) is 0 Å². The van der Waals surface area contributed by atoms with Crippen LogP contribution in [0.5, 0.6) is 0 Å². The lowest BCUT2D eigenvalue weighted by Crippen LogP contribution is -2.09. The Morgan fingerprint density at radius 1 is 0.351 bits per heavy atom. The highest BCUT2D eigenvalue weighted by Crippen LogP contribution is 2.41. The van der Waals surface area contributed by atoms with Gasteiger partial charge in [-0.25, -0.2) is 0 Å². The third kappa shape index (κ3) is 6.06. The van der Waals surface area contributed by atoms with Crippen LogP contribution < -0.4 is 4.90 Å². The first-order chi connectivity index (χ1) is 28.2. The largest absolute Gasteiger partial charge is 0.456 e. The van der Waals surface area contributed by atoms with Crippen LogP contribution in [0.25, 0.3) is 86.6 Å². The van der Waals surface area contributed by atoms with Crippen molar-refractivity contribution in [3.8, 4) is 44.7 Å². The molecule has 0 amide bonds. The molecule has 2 aromatic heterocycles. The maximum absolute atomic E-state index is 6.21. The van der Waals surface area contributed by atoms with Gasteiger partial charge in [-0.1, -0.05) is 140 Å². The Kier molecular flexibility index (Phi) is 8.04. The van der Waals surface area contributed by atoms with Gasteiger partial charge >= 0.3 is 0 Å². The summed E-state index contributed by atoms with van der Waals surface area (Å²) in [5.41, 5.74) is 12.5. The predicted molar refractivity (Wildman–Crippen MR) is 243 cm³/mol. The third-order valence-corrected chi connectivity index (χ3v) is 12.3. The van der Waals surface area contributed by atoms with Gasteiger partial charge in [0.15, 0.2) is 0 Å². The van der Waals surface area contributed by atoms with Gasteiger partial charge in [-0.05, 0) is 117 Å². The lowest BCUT2D eigenvalue weighted by Gasteiger charge is -2.26. The molecular formula is C54H35NOS. The summed E-state index contributed by atoms with van der Waals surface area (Å²) < 4.78 is 8.88. The van der Waals surface area contributed by atoms with Crippen LogP contribution in [0.15, 0.2) is 217 Å². The third-order valence-electron chi connectivity index (χ3n) is 11.1. The Hall–Kier alpha value is -7.20. The van der Waals surface area contributed by atoms with E-state index in [0.717, 1.165) is 39.4 Å². The fourth-order valence-electron chi connectivity index (χ4n) is 8.14. The molecule has 2 heterocycles. The molecule has 3 heteroatoms. The minimum atomic E-state index is 0.866. The minimum absolute atomic E-state index is 0.866. The van der Waals surface area contributed by atoms with Crippen LogP contribution in [0, 0.1) is 0 Å². The SMILES string of the molecule is c1ccc2cc(-c3ccc(N(c4ccc(-c5ccc(-c6cccc7c6sc6ccccc67)cc5)cc4)c4ccc(-c5cc6ccccc6o5)cc4)cc3)ccc2c1. The Balaban J connectivity index is 0.926. The van der Waals surface area contributed by atoms with Crippen molar-refractivity contribution >= 4 is 70.3 Å². The van der Waals surface area contributed by atoms with Crippen molar-refractivity contribution in [2.24, 2.45) is 0 Å². The van der Waals surface area contributed by atoms with Crippen LogP contribution in [-0.2, 0) is 0 Å². The Labute approximate surface area is 335 Å². The molecule has 0 N–H and O–H groups in total. The molecule has 2 nitrogen and oxygen atoms in total. The molecule has 0 radical (unpaired) electrons. The van der Waals surface area contributed by atoms with Gasteiger partial charge in [-0.3, -0.25) is 0 Å². The van der Waals surface area contributed by atoms with Crippen molar-refractivity contribution in [1.82, 2.24) is 0 Å². The number of nitrogens with zero attached hydrogens (tertiary/aromatic N) is 1. The summed E-state index contributed by atoms with van der Waals surface area (Å²) in [5.74, 6) is 0.866. The number of fused-ring (bicyclic) bond motifs is 5. The number of benzene rings is 9. The van der Waals surface area contributed by atoms with E-state index in [1.807, 2.05) is 29.5 Å². The van der Waals surface area contributed by atoms with Crippen LogP contribution in [0.2, 0.25) is 0 Å². The minimum Gasteiger partial charge on any atom is -0.456 e. The van der Waals surface area contributed by atoms with Gasteiger partial charge in [0.2, 0.25) is 0 Å². The van der Waals surface area contributed by atoms with Gasteiger partial charge in [-0.15, -0.1) is 11.3 Å². The molecule has 11 aromatic rings. The van der Waals surface area contributed by atoms with Gasteiger partial charge < -0.3 is 9.32 Å². The van der Waals surface area contributed by atoms with Crippen molar-refractivity contribution in [3.63, 3.8) is 0 Å². The number of para-hydroxylation sites is 1. The summed E-state index contributed by atoms with van der Waals surface area (Å²) in [4.78, 5) is 2.32. The molecule has 0 aliphatic carbocycles. The van der Waals surface area contributed by atoms with E-state index in [9.17, 15) is 0 Å². The predicted octanol–water partition coefficient (Wildman–Crippen LogP) is 16.1. The molecule has 0 saturated carbocycles. The van der Waals surface area contributed by atoms with Crippen molar-refractivity contribution in [3.05, 3.63) is 212 Å². The lowest BCUT2D eigenvalue weighted by atomic mass is 9.98. The normalized spacial score (nSPS) is 11.5. The number of furan rings is 1. The molecule has 0 atom stereocenters. The maximum atomic E-state index is 6.21. The van der Waals surface area contributed by atoms with Crippen LogP contribution in [0.3, 0.4) is 0 Å². The first-order valence-electron chi connectivity index (χ1n) is 19.3. The second kappa shape index (κ2) is 13.8. The zero-order valence-electron chi connectivity index (χ0n) is 31.0. The molecule has 57 heavy (non-hydrogen) atoms. The summed E-state index contributed by atoms with van der Waals surface area (Å²) >= 11 is 1.87. The maximum Gasteiger partial charge on any atom is 0.135 e. The van der Waals surface area contributed by atoms with E-state index >= 15 is 0 Å².